The zero-order valence-corrected chi connectivity index (χ0v) is 28.2. The Kier molecular flexibility index (Phi) is 6.66. The fraction of sp³-hybridized carbons (Fsp3) is 0. The average molecular weight is 575 g/mol. The third kappa shape index (κ3) is 3.92. The van der Waals surface area contributed by atoms with E-state index >= 15 is 0 Å². The van der Waals surface area contributed by atoms with Crippen molar-refractivity contribution in [2.75, 3.05) is 0 Å². The van der Waals surface area contributed by atoms with Crippen LogP contribution in [0.25, 0.3) is 76.1 Å². The minimum Gasteiger partial charge on any atom is -0.101 e. The fourth-order valence-corrected chi connectivity index (χ4v) is 8.37. The molecule has 208 valence electrons. The maximum absolute atomic E-state index is 2.49. The van der Waals surface area contributed by atoms with Crippen LogP contribution in [0.1, 0.15) is 0 Å². The van der Waals surface area contributed by atoms with Gasteiger partial charge in [-0.05, 0) is 82.2 Å². The number of hydrogen-bond donors (Lipinski definition) is 0. The van der Waals surface area contributed by atoms with Crippen LogP contribution in [-0.2, 0) is 0 Å². The molecular weight excluding hydrogens is 543 g/mol. The number of rotatable bonds is 2. The Hall–Kier alpha value is -4.42. The lowest BCUT2D eigenvalue weighted by Gasteiger charge is -2.28. The molecule has 0 fully saturated rings. The van der Waals surface area contributed by atoms with E-state index in [1.165, 1.54) is 120 Å². The SMILES string of the molecule is Bc1c(B)c(B)c2c(-c3cc4ccc5ccccc5c4c4ccccc34)c3c(B)c(B)c(B)c(B)c3c(-c3ccccc3)c2c1B. The van der Waals surface area contributed by atoms with Crippen molar-refractivity contribution in [2.24, 2.45) is 0 Å². The Balaban J connectivity index is 1.73. The molecule has 0 aromatic heterocycles. The third-order valence-electron chi connectivity index (χ3n) is 11.5. The van der Waals surface area contributed by atoms with Crippen molar-refractivity contribution in [3.05, 3.63) is 97.1 Å². The van der Waals surface area contributed by atoms with Gasteiger partial charge in [-0.3, -0.25) is 0 Å². The molecule has 0 aliphatic rings. The molecule has 8 heteroatoms. The van der Waals surface area contributed by atoms with Gasteiger partial charge in [-0.15, -0.1) is 21.9 Å². The second kappa shape index (κ2) is 10.6. The summed E-state index contributed by atoms with van der Waals surface area (Å²) in [5.41, 5.74) is 16.4. The molecule has 0 amide bonds. The van der Waals surface area contributed by atoms with E-state index in [0.29, 0.717) is 0 Å². The van der Waals surface area contributed by atoms with Crippen LogP contribution in [0.15, 0.2) is 97.1 Å². The number of benzene rings is 8. The largest absolute Gasteiger partial charge is 0.139 e. The lowest BCUT2D eigenvalue weighted by atomic mass is 9.59. The van der Waals surface area contributed by atoms with Crippen LogP contribution in [-0.4, -0.2) is 62.8 Å². The van der Waals surface area contributed by atoms with E-state index < -0.39 is 0 Å². The highest BCUT2D eigenvalue weighted by Crippen LogP contribution is 2.45. The van der Waals surface area contributed by atoms with Crippen LogP contribution in [0.4, 0.5) is 0 Å². The van der Waals surface area contributed by atoms with Crippen LogP contribution in [0, 0.1) is 0 Å². The Labute approximate surface area is 278 Å². The molecule has 0 saturated heterocycles. The van der Waals surface area contributed by atoms with Crippen molar-refractivity contribution in [2.45, 2.75) is 0 Å². The first-order chi connectivity index (χ1) is 22.2. The Morgan fingerprint density at radius 1 is 0.304 bits per heavy atom. The van der Waals surface area contributed by atoms with Gasteiger partial charge in [0.15, 0.2) is 0 Å². The van der Waals surface area contributed by atoms with Gasteiger partial charge in [-0.1, -0.05) is 113 Å². The molecule has 8 aromatic carbocycles. The molecule has 0 heterocycles. The van der Waals surface area contributed by atoms with Gasteiger partial charge < -0.3 is 0 Å². The molecule has 0 spiro atoms. The van der Waals surface area contributed by atoms with Gasteiger partial charge in [0, 0.05) is 0 Å². The van der Waals surface area contributed by atoms with Gasteiger partial charge >= 0.3 is 0 Å². The number of fused-ring (bicyclic) bond motifs is 7. The summed E-state index contributed by atoms with van der Waals surface area (Å²) in [5.74, 6) is 0. The predicted molar refractivity (Wildman–Crippen MR) is 230 cm³/mol. The van der Waals surface area contributed by atoms with E-state index in [2.05, 4.69) is 160 Å². The van der Waals surface area contributed by atoms with Gasteiger partial charge in [0.25, 0.3) is 0 Å². The normalized spacial score (nSPS) is 11.7. The van der Waals surface area contributed by atoms with Gasteiger partial charge in [-0.25, -0.2) is 0 Å². The fourth-order valence-electron chi connectivity index (χ4n) is 8.37. The summed E-state index contributed by atoms with van der Waals surface area (Å²) in [7, 11) is 18.7. The molecule has 0 saturated carbocycles. The van der Waals surface area contributed by atoms with E-state index in [4.69, 9.17) is 0 Å². The van der Waals surface area contributed by atoms with Crippen molar-refractivity contribution >= 4 is 160 Å². The van der Waals surface area contributed by atoms with E-state index in [0.717, 1.165) is 0 Å². The minimum absolute atomic E-state index is 1.28. The second-order valence-corrected chi connectivity index (χ2v) is 13.5. The molecule has 0 aliphatic heterocycles. The Bertz CT molecular complexity index is 2530. The van der Waals surface area contributed by atoms with Crippen LogP contribution < -0.4 is 43.7 Å². The third-order valence-corrected chi connectivity index (χ3v) is 11.5. The summed E-state index contributed by atoms with van der Waals surface area (Å²) in [6, 6.07) is 36.2. The van der Waals surface area contributed by atoms with Crippen molar-refractivity contribution in [1.29, 1.82) is 0 Å². The zero-order chi connectivity index (χ0) is 32.0. The van der Waals surface area contributed by atoms with Gasteiger partial charge in [0.05, 0.1) is 0 Å². The van der Waals surface area contributed by atoms with Crippen molar-refractivity contribution in [3.8, 4) is 22.3 Å². The molecule has 0 radical (unpaired) electrons. The number of hydrogen-bond acceptors (Lipinski definition) is 0. The summed E-state index contributed by atoms with van der Waals surface area (Å²) < 4.78 is 0. The summed E-state index contributed by atoms with van der Waals surface area (Å²) in [6.07, 6.45) is 0. The van der Waals surface area contributed by atoms with Crippen molar-refractivity contribution in [3.63, 3.8) is 0 Å². The minimum atomic E-state index is 1.28. The van der Waals surface area contributed by atoms with Gasteiger partial charge in [0.2, 0.25) is 0 Å². The smallest absolute Gasteiger partial charge is 0.101 e. The highest BCUT2D eigenvalue weighted by atomic mass is 14.3. The first-order valence-corrected chi connectivity index (χ1v) is 16.6. The molecule has 46 heavy (non-hydrogen) atoms. The molecule has 0 N–H and O–H groups in total. The monoisotopic (exact) mass is 576 g/mol. The Morgan fingerprint density at radius 3 is 1.30 bits per heavy atom. The predicted octanol–water partition coefficient (Wildman–Crippen LogP) is -3.15. The summed E-state index contributed by atoms with van der Waals surface area (Å²) in [4.78, 5) is 0. The lowest BCUT2D eigenvalue weighted by molar-refractivity contribution is 1.69. The second-order valence-electron chi connectivity index (χ2n) is 13.5. The molecule has 0 nitrogen and oxygen atoms in total. The van der Waals surface area contributed by atoms with Gasteiger partial charge in [0.1, 0.15) is 62.8 Å². The van der Waals surface area contributed by atoms with Crippen LogP contribution in [0.3, 0.4) is 0 Å². The zero-order valence-electron chi connectivity index (χ0n) is 28.2. The molecule has 0 atom stereocenters. The molecule has 0 aliphatic carbocycles. The molecular formula is C38H32B8. The first kappa shape index (κ1) is 29.0. The molecule has 8 aromatic rings. The molecule has 8 rings (SSSR count). The molecule has 0 bridgehead atoms. The topological polar surface area (TPSA) is 0 Å². The van der Waals surface area contributed by atoms with Crippen LogP contribution in [0.2, 0.25) is 0 Å². The first-order valence-electron chi connectivity index (χ1n) is 16.6. The quantitative estimate of drug-likeness (QED) is 0.116. The van der Waals surface area contributed by atoms with Crippen molar-refractivity contribution in [1.82, 2.24) is 0 Å². The average Bonchev–Trinajstić information content (AvgIpc) is 3.09. The van der Waals surface area contributed by atoms with Crippen LogP contribution in [0.5, 0.6) is 0 Å². The summed E-state index contributed by atoms with van der Waals surface area (Å²) in [5, 5.41) is 13.4. The maximum Gasteiger partial charge on any atom is 0.139 e. The Morgan fingerprint density at radius 2 is 0.739 bits per heavy atom. The maximum atomic E-state index is 2.49. The molecule has 0 unspecified atom stereocenters. The van der Waals surface area contributed by atoms with Gasteiger partial charge in [-0.2, -0.15) is 0 Å². The van der Waals surface area contributed by atoms with Crippen molar-refractivity contribution < 1.29 is 0 Å². The van der Waals surface area contributed by atoms with E-state index in [9.17, 15) is 0 Å². The highest BCUT2D eigenvalue weighted by molar-refractivity contribution is 6.71. The van der Waals surface area contributed by atoms with Crippen LogP contribution >= 0.6 is 0 Å². The highest BCUT2D eigenvalue weighted by Gasteiger charge is 2.26. The lowest BCUT2D eigenvalue weighted by Crippen LogP contribution is -2.50. The van der Waals surface area contributed by atoms with E-state index in [-0.39, 0.29) is 0 Å². The summed E-state index contributed by atoms with van der Waals surface area (Å²) >= 11 is 0. The van der Waals surface area contributed by atoms with E-state index in [1.54, 1.807) is 0 Å². The standard InChI is InChI=1S/C38H32B8/c39-31-27-25(18-9-2-1-3-10-18)28-30(34(42)38(46)36(44)32(28)40)26(29(27)33(41)37(45)35(31)43)23-16-19-15-14-17-8-4-5-11-20(17)24(19)22-13-7-6-12-21(22)23/h1-16H,39-46H2. The summed E-state index contributed by atoms with van der Waals surface area (Å²) in [6.45, 7) is 0. The van der Waals surface area contributed by atoms with E-state index in [1.807, 2.05) is 0 Å².